The number of carbonyl (C=O) groups excluding carboxylic acids is 1. The van der Waals surface area contributed by atoms with E-state index in [4.69, 9.17) is 5.11 Å². The van der Waals surface area contributed by atoms with Crippen LogP contribution >= 0.6 is 0 Å². The number of aliphatic hydroxyl groups excluding tert-OH is 2. The minimum Gasteiger partial charge on any atom is -0.507 e. The molecule has 0 fully saturated rings. The van der Waals surface area contributed by atoms with E-state index in [9.17, 15) is 24.9 Å². The van der Waals surface area contributed by atoms with Gasteiger partial charge < -0.3 is 25.2 Å². The maximum atomic E-state index is 11.2. The molecule has 0 aliphatic rings. The highest BCUT2D eigenvalue weighted by atomic mass is 16.5. The average Bonchev–Trinajstić information content (AvgIpc) is 2.36. The van der Waals surface area contributed by atoms with E-state index in [1.165, 1.54) is 12.1 Å². The summed E-state index contributed by atoms with van der Waals surface area (Å²) < 4.78 is 4.43. The summed E-state index contributed by atoms with van der Waals surface area (Å²) in [6.45, 7) is 0. The fraction of sp³-hybridized carbons (Fsp3) is 0.333. The maximum absolute atomic E-state index is 11.2. The molecule has 0 amide bonds. The van der Waals surface area contributed by atoms with Crippen molar-refractivity contribution in [1.82, 2.24) is 0 Å². The van der Waals surface area contributed by atoms with Gasteiger partial charge in [0.15, 0.2) is 0 Å². The molecule has 4 N–H and O–H groups in total. The van der Waals surface area contributed by atoms with Crippen molar-refractivity contribution in [2.24, 2.45) is 0 Å². The molecule has 0 heterocycles. The van der Waals surface area contributed by atoms with Crippen LogP contribution in [0.25, 0.3) is 0 Å². The third-order valence-corrected chi connectivity index (χ3v) is 2.52. The van der Waals surface area contributed by atoms with Gasteiger partial charge in [-0.2, -0.15) is 0 Å². The Kier molecular flexibility index (Phi) is 4.85. The van der Waals surface area contributed by atoms with Gasteiger partial charge >= 0.3 is 11.9 Å². The van der Waals surface area contributed by atoms with Crippen LogP contribution in [0.1, 0.15) is 28.4 Å². The van der Waals surface area contributed by atoms with Crippen molar-refractivity contribution in [1.29, 1.82) is 0 Å². The number of carboxylic acid groups (broad SMARTS) is 1. The first kappa shape index (κ1) is 14.9. The lowest BCUT2D eigenvalue weighted by molar-refractivity contribution is -0.141. The van der Waals surface area contributed by atoms with Gasteiger partial charge in [-0.1, -0.05) is 6.07 Å². The predicted octanol–water partition coefficient (Wildman–Crippen LogP) is 0.0478. The van der Waals surface area contributed by atoms with Crippen LogP contribution in [0, 0.1) is 0 Å². The van der Waals surface area contributed by atoms with E-state index in [1.807, 2.05) is 0 Å². The van der Waals surface area contributed by atoms with Gasteiger partial charge in [-0.25, -0.2) is 4.79 Å². The fourth-order valence-electron chi connectivity index (χ4n) is 1.53. The first-order chi connectivity index (χ1) is 8.86. The van der Waals surface area contributed by atoms with Crippen LogP contribution < -0.4 is 0 Å². The summed E-state index contributed by atoms with van der Waals surface area (Å²) in [5.41, 5.74) is 0.00470. The molecule has 7 nitrogen and oxygen atoms in total. The molecule has 0 spiro atoms. The van der Waals surface area contributed by atoms with E-state index in [1.54, 1.807) is 0 Å². The molecular weight excluding hydrogens is 256 g/mol. The third-order valence-electron chi connectivity index (χ3n) is 2.52. The van der Waals surface area contributed by atoms with Crippen molar-refractivity contribution in [3.05, 3.63) is 29.3 Å². The molecule has 2 atom stereocenters. The number of carboxylic acids is 1. The number of rotatable bonds is 5. The van der Waals surface area contributed by atoms with E-state index >= 15 is 0 Å². The smallest absolute Gasteiger partial charge is 0.341 e. The highest BCUT2D eigenvalue weighted by Gasteiger charge is 2.22. The molecule has 19 heavy (non-hydrogen) atoms. The highest BCUT2D eigenvalue weighted by molar-refractivity contribution is 5.92. The zero-order valence-electron chi connectivity index (χ0n) is 10.1. The molecule has 0 aromatic heterocycles. The van der Waals surface area contributed by atoms with E-state index in [-0.39, 0.29) is 11.1 Å². The molecule has 0 aliphatic heterocycles. The van der Waals surface area contributed by atoms with Gasteiger partial charge in [0, 0.05) is 0 Å². The standard InChI is InChI=1S/C12H14O7/c1-19-12(18)7-3-2-6(4-8(7)13)11(17)9(14)5-10(15)16/h2-4,9,11,13-14,17H,5H2,1H3,(H,15,16). The number of aliphatic carboxylic acids is 1. The predicted molar refractivity (Wildman–Crippen MR) is 62.7 cm³/mol. The molecule has 7 heteroatoms. The summed E-state index contributed by atoms with van der Waals surface area (Å²) in [5, 5.41) is 37.3. The van der Waals surface area contributed by atoms with Gasteiger partial charge in [0.05, 0.1) is 19.6 Å². The van der Waals surface area contributed by atoms with Crippen LogP contribution in [0.3, 0.4) is 0 Å². The Morgan fingerprint density at radius 3 is 2.42 bits per heavy atom. The van der Waals surface area contributed by atoms with Crippen molar-refractivity contribution < 1.29 is 34.8 Å². The van der Waals surface area contributed by atoms with Crippen LogP contribution in [0.15, 0.2) is 18.2 Å². The van der Waals surface area contributed by atoms with E-state index in [2.05, 4.69) is 4.74 Å². The summed E-state index contributed by atoms with van der Waals surface area (Å²) in [6.07, 6.45) is -3.63. The zero-order chi connectivity index (χ0) is 14.6. The quantitative estimate of drug-likeness (QED) is 0.557. The average molecular weight is 270 g/mol. The Labute approximate surface area is 108 Å². The monoisotopic (exact) mass is 270 g/mol. The lowest BCUT2D eigenvalue weighted by Gasteiger charge is -2.17. The number of ether oxygens (including phenoxy) is 1. The van der Waals surface area contributed by atoms with Crippen molar-refractivity contribution >= 4 is 11.9 Å². The van der Waals surface area contributed by atoms with Crippen LogP contribution in [-0.4, -0.2) is 45.6 Å². The highest BCUT2D eigenvalue weighted by Crippen LogP contribution is 2.26. The maximum Gasteiger partial charge on any atom is 0.341 e. The Bertz CT molecular complexity index is 483. The number of aliphatic hydroxyl groups is 2. The molecule has 104 valence electrons. The SMILES string of the molecule is COC(=O)c1ccc(C(O)C(O)CC(=O)O)cc1O. The van der Waals surface area contributed by atoms with Crippen molar-refractivity contribution in [3.8, 4) is 5.75 Å². The fourth-order valence-corrected chi connectivity index (χ4v) is 1.53. The largest absolute Gasteiger partial charge is 0.507 e. The normalized spacial score (nSPS) is 13.6. The summed E-state index contributed by atoms with van der Waals surface area (Å²) >= 11 is 0. The molecule has 0 bridgehead atoms. The summed E-state index contributed by atoms with van der Waals surface area (Å²) in [6, 6.07) is 3.58. The van der Waals surface area contributed by atoms with Crippen molar-refractivity contribution in [2.75, 3.05) is 7.11 Å². The van der Waals surface area contributed by atoms with Crippen LogP contribution in [0.5, 0.6) is 5.75 Å². The van der Waals surface area contributed by atoms with Crippen LogP contribution in [-0.2, 0) is 9.53 Å². The van der Waals surface area contributed by atoms with Gasteiger partial charge in [0.25, 0.3) is 0 Å². The lowest BCUT2D eigenvalue weighted by Crippen LogP contribution is -2.21. The van der Waals surface area contributed by atoms with Gasteiger partial charge in [-0.3, -0.25) is 4.79 Å². The van der Waals surface area contributed by atoms with E-state index in [0.29, 0.717) is 0 Å². The van der Waals surface area contributed by atoms with Gasteiger partial charge in [-0.15, -0.1) is 0 Å². The van der Waals surface area contributed by atoms with Gasteiger partial charge in [0.1, 0.15) is 17.4 Å². The Morgan fingerprint density at radius 1 is 1.32 bits per heavy atom. The Hall–Kier alpha value is -2.12. The number of hydrogen-bond acceptors (Lipinski definition) is 6. The molecular formula is C12H14O7. The second-order valence-electron chi connectivity index (χ2n) is 3.88. The lowest BCUT2D eigenvalue weighted by atomic mass is 10.00. The topological polar surface area (TPSA) is 124 Å². The molecule has 0 saturated carbocycles. The first-order valence-electron chi connectivity index (χ1n) is 5.36. The van der Waals surface area contributed by atoms with E-state index in [0.717, 1.165) is 13.2 Å². The Balaban J connectivity index is 2.94. The number of esters is 1. The third kappa shape index (κ3) is 3.67. The first-order valence-corrected chi connectivity index (χ1v) is 5.36. The molecule has 1 rings (SSSR count). The molecule has 2 unspecified atom stereocenters. The number of methoxy groups -OCH3 is 1. The number of phenols is 1. The molecule has 1 aromatic rings. The number of aromatic hydroxyl groups is 1. The number of benzene rings is 1. The zero-order valence-corrected chi connectivity index (χ0v) is 10.1. The number of hydrogen-bond donors (Lipinski definition) is 4. The van der Waals surface area contributed by atoms with Crippen molar-refractivity contribution in [2.45, 2.75) is 18.6 Å². The Morgan fingerprint density at radius 2 is 1.95 bits per heavy atom. The summed E-state index contributed by atoms with van der Waals surface area (Å²) in [4.78, 5) is 21.6. The van der Waals surface area contributed by atoms with E-state index < -0.39 is 36.3 Å². The minimum atomic E-state index is -1.51. The number of phenolic OH excluding ortho intramolecular Hbond substituents is 1. The van der Waals surface area contributed by atoms with Gasteiger partial charge in [-0.05, 0) is 17.7 Å². The van der Waals surface area contributed by atoms with Crippen LogP contribution in [0.2, 0.25) is 0 Å². The summed E-state index contributed by atoms with van der Waals surface area (Å²) in [7, 11) is 1.15. The van der Waals surface area contributed by atoms with Crippen molar-refractivity contribution in [3.63, 3.8) is 0 Å². The minimum absolute atomic E-state index is 0.0915. The summed E-state index contributed by atoms with van der Waals surface area (Å²) in [5.74, 6) is -2.43. The molecule has 0 saturated heterocycles. The number of carbonyl (C=O) groups is 2. The molecule has 1 aromatic carbocycles. The second-order valence-corrected chi connectivity index (χ2v) is 3.88. The molecule has 0 aliphatic carbocycles. The van der Waals surface area contributed by atoms with Crippen LogP contribution in [0.4, 0.5) is 0 Å². The molecule has 0 radical (unpaired) electrons. The van der Waals surface area contributed by atoms with Gasteiger partial charge in [0.2, 0.25) is 0 Å². The second kappa shape index (κ2) is 6.17.